The van der Waals surface area contributed by atoms with Gasteiger partial charge in [-0.1, -0.05) is 58.0 Å². The lowest BCUT2D eigenvalue weighted by atomic mass is 9.97. The first-order valence-electron chi connectivity index (χ1n) is 8.04. The van der Waals surface area contributed by atoms with Gasteiger partial charge >= 0.3 is 0 Å². The van der Waals surface area contributed by atoms with Gasteiger partial charge in [0.15, 0.2) is 5.82 Å². The number of hydrogen-bond acceptors (Lipinski definition) is 4. The molecule has 0 N–H and O–H groups in total. The van der Waals surface area contributed by atoms with Crippen molar-refractivity contribution in [1.29, 1.82) is 0 Å². The summed E-state index contributed by atoms with van der Waals surface area (Å²) in [6, 6.07) is 9.71. The van der Waals surface area contributed by atoms with Gasteiger partial charge in [-0.25, -0.2) is 18.4 Å². The zero-order valence-corrected chi connectivity index (χ0v) is 15.9. The summed E-state index contributed by atoms with van der Waals surface area (Å²) in [5, 5.41) is 0. The van der Waals surface area contributed by atoms with Crippen molar-refractivity contribution in [3.05, 3.63) is 41.9 Å². The normalized spacial score (nSPS) is 12.0. The van der Waals surface area contributed by atoms with E-state index in [-0.39, 0.29) is 11.8 Å². The second-order valence-corrected chi connectivity index (χ2v) is 8.59. The third-order valence-corrected chi connectivity index (χ3v) is 5.02. The molecule has 130 valence electrons. The Labute approximate surface area is 144 Å². The maximum atomic E-state index is 12.1. The van der Waals surface area contributed by atoms with Gasteiger partial charge in [-0.05, 0) is 11.5 Å². The third kappa shape index (κ3) is 3.75. The Morgan fingerprint density at radius 1 is 0.958 bits per heavy atom. The SMILES string of the molecule is CC(C)c1nc(C(C)C)c(-c2ccccc2)c(N(C)S(C)(=O)=O)n1. The first-order chi connectivity index (χ1) is 11.1. The molecule has 0 spiro atoms. The smallest absolute Gasteiger partial charge is 0.233 e. The van der Waals surface area contributed by atoms with Gasteiger partial charge in [0, 0.05) is 18.5 Å². The van der Waals surface area contributed by atoms with Crippen LogP contribution in [0.2, 0.25) is 0 Å². The molecule has 5 nitrogen and oxygen atoms in total. The van der Waals surface area contributed by atoms with Crippen molar-refractivity contribution in [3.8, 4) is 11.1 Å². The van der Waals surface area contributed by atoms with E-state index in [9.17, 15) is 8.42 Å². The van der Waals surface area contributed by atoms with Crippen LogP contribution in [0.25, 0.3) is 11.1 Å². The second-order valence-electron chi connectivity index (χ2n) is 6.57. The van der Waals surface area contributed by atoms with Crippen molar-refractivity contribution in [1.82, 2.24) is 9.97 Å². The Bertz CT molecular complexity index is 816. The third-order valence-electron chi connectivity index (χ3n) is 3.86. The Kier molecular flexibility index (Phi) is 5.28. The van der Waals surface area contributed by atoms with Crippen LogP contribution in [0.3, 0.4) is 0 Å². The fraction of sp³-hybridized carbons (Fsp3) is 0.444. The predicted octanol–water partition coefficient (Wildman–Crippen LogP) is 3.79. The molecule has 24 heavy (non-hydrogen) atoms. The number of benzene rings is 1. The minimum atomic E-state index is -3.43. The monoisotopic (exact) mass is 347 g/mol. The summed E-state index contributed by atoms with van der Waals surface area (Å²) in [6.07, 6.45) is 1.19. The number of aromatic nitrogens is 2. The zero-order valence-electron chi connectivity index (χ0n) is 15.1. The van der Waals surface area contributed by atoms with Gasteiger partial charge in [-0.2, -0.15) is 0 Å². The molecule has 0 aliphatic heterocycles. The molecule has 0 atom stereocenters. The molecule has 0 aliphatic carbocycles. The number of rotatable bonds is 5. The topological polar surface area (TPSA) is 63.2 Å². The summed E-state index contributed by atoms with van der Waals surface area (Å²) in [5.74, 6) is 1.35. The van der Waals surface area contributed by atoms with Gasteiger partial charge < -0.3 is 0 Å². The number of sulfonamides is 1. The van der Waals surface area contributed by atoms with Crippen molar-refractivity contribution in [2.45, 2.75) is 39.5 Å². The van der Waals surface area contributed by atoms with Crippen molar-refractivity contribution < 1.29 is 8.42 Å². The molecule has 0 saturated carbocycles. The minimum absolute atomic E-state index is 0.110. The van der Waals surface area contributed by atoms with Crippen LogP contribution in [0.1, 0.15) is 51.0 Å². The molecule has 1 aromatic heterocycles. The van der Waals surface area contributed by atoms with Crippen molar-refractivity contribution in [2.24, 2.45) is 0 Å². The number of hydrogen-bond donors (Lipinski definition) is 0. The van der Waals surface area contributed by atoms with E-state index < -0.39 is 10.0 Å². The minimum Gasteiger partial charge on any atom is -0.256 e. The number of anilines is 1. The predicted molar refractivity (Wildman–Crippen MR) is 98.9 cm³/mol. The Morgan fingerprint density at radius 2 is 1.54 bits per heavy atom. The highest BCUT2D eigenvalue weighted by molar-refractivity contribution is 7.92. The Hall–Kier alpha value is -1.95. The molecule has 2 rings (SSSR count). The highest BCUT2D eigenvalue weighted by atomic mass is 32.2. The zero-order chi connectivity index (χ0) is 18.1. The van der Waals surface area contributed by atoms with Crippen LogP contribution in [-0.4, -0.2) is 31.7 Å². The largest absolute Gasteiger partial charge is 0.256 e. The lowest BCUT2D eigenvalue weighted by Gasteiger charge is -2.24. The van der Waals surface area contributed by atoms with Crippen molar-refractivity contribution in [3.63, 3.8) is 0 Å². The first-order valence-corrected chi connectivity index (χ1v) is 9.89. The fourth-order valence-corrected chi connectivity index (χ4v) is 2.87. The van der Waals surface area contributed by atoms with Crippen molar-refractivity contribution in [2.75, 3.05) is 17.6 Å². The summed E-state index contributed by atoms with van der Waals surface area (Å²) < 4.78 is 25.5. The van der Waals surface area contributed by atoms with E-state index in [2.05, 4.69) is 18.8 Å². The van der Waals surface area contributed by atoms with Gasteiger partial charge in [0.1, 0.15) is 5.82 Å². The lowest BCUT2D eigenvalue weighted by molar-refractivity contribution is 0.599. The van der Waals surface area contributed by atoms with E-state index in [1.54, 1.807) is 7.05 Å². The van der Waals surface area contributed by atoms with Crippen LogP contribution in [0.5, 0.6) is 0 Å². The first kappa shape index (κ1) is 18.4. The van der Waals surface area contributed by atoms with Crippen LogP contribution in [0, 0.1) is 0 Å². The van der Waals surface area contributed by atoms with E-state index in [4.69, 9.17) is 4.98 Å². The summed E-state index contributed by atoms with van der Waals surface area (Å²) in [4.78, 5) is 9.33. The van der Waals surface area contributed by atoms with Crippen LogP contribution >= 0.6 is 0 Å². The highest BCUT2D eigenvalue weighted by Gasteiger charge is 2.25. The molecule has 0 fully saturated rings. The van der Waals surface area contributed by atoms with Crippen LogP contribution in [0.4, 0.5) is 5.82 Å². The van der Waals surface area contributed by atoms with Crippen LogP contribution in [0.15, 0.2) is 30.3 Å². The fourth-order valence-electron chi connectivity index (χ4n) is 2.43. The molecule has 6 heteroatoms. The molecule has 2 aromatic rings. The van der Waals surface area contributed by atoms with Gasteiger partial charge in [0.2, 0.25) is 10.0 Å². The summed E-state index contributed by atoms with van der Waals surface area (Å²) >= 11 is 0. The number of nitrogens with zero attached hydrogens (tertiary/aromatic N) is 3. The maximum absolute atomic E-state index is 12.1. The van der Waals surface area contributed by atoms with E-state index in [1.807, 2.05) is 44.2 Å². The molecular weight excluding hydrogens is 322 g/mol. The molecule has 0 unspecified atom stereocenters. The van der Waals surface area contributed by atoms with Crippen molar-refractivity contribution >= 4 is 15.8 Å². The van der Waals surface area contributed by atoms with Gasteiger partial charge in [-0.3, -0.25) is 4.31 Å². The Balaban J connectivity index is 2.87. The van der Waals surface area contributed by atoms with E-state index >= 15 is 0 Å². The molecule has 1 heterocycles. The molecule has 1 aromatic carbocycles. The quantitative estimate of drug-likeness (QED) is 0.825. The maximum Gasteiger partial charge on any atom is 0.233 e. The molecule has 0 bridgehead atoms. The van der Waals surface area contributed by atoms with E-state index in [0.29, 0.717) is 11.6 Å². The highest BCUT2D eigenvalue weighted by Crippen LogP contribution is 2.36. The average Bonchev–Trinajstić information content (AvgIpc) is 2.52. The van der Waals surface area contributed by atoms with Crippen LogP contribution in [-0.2, 0) is 10.0 Å². The molecular formula is C18H25N3O2S. The summed E-state index contributed by atoms with van der Waals surface area (Å²) in [7, 11) is -1.89. The van der Waals surface area contributed by atoms with E-state index in [0.717, 1.165) is 16.8 Å². The molecule has 0 aliphatic rings. The van der Waals surface area contributed by atoms with Crippen LogP contribution < -0.4 is 4.31 Å². The average molecular weight is 347 g/mol. The summed E-state index contributed by atoms with van der Waals surface area (Å²) in [5.41, 5.74) is 2.57. The molecule has 0 saturated heterocycles. The Morgan fingerprint density at radius 3 is 2.00 bits per heavy atom. The van der Waals surface area contributed by atoms with Gasteiger partial charge in [0.05, 0.1) is 11.9 Å². The molecule has 0 radical (unpaired) electrons. The van der Waals surface area contributed by atoms with Gasteiger partial charge in [0.25, 0.3) is 0 Å². The van der Waals surface area contributed by atoms with E-state index in [1.165, 1.54) is 10.6 Å². The van der Waals surface area contributed by atoms with Gasteiger partial charge in [-0.15, -0.1) is 0 Å². The summed E-state index contributed by atoms with van der Waals surface area (Å²) in [6.45, 7) is 8.13. The lowest BCUT2D eigenvalue weighted by Crippen LogP contribution is -2.28. The standard InChI is InChI=1S/C18H25N3O2S/c1-12(2)16-15(14-10-8-7-9-11-14)18(21(5)24(6,22)23)20-17(19-16)13(3)4/h7-13H,1-6H3. The second kappa shape index (κ2) is 6.89. The molecule has 0 amide bonds.